The third kappa shape index (κ3) is 4.10. The van der Waals surface area contributed by atoms with Gasteiger partial charge in [-0.3, -0.25) is 0 Å². The summed E-state index contributed by atoms with van der Waals surface area (Å²) in [6.07, 6.45) is 2.01. The van der Waals surface area contributed by atoms with Gasteiger partial charge in [0.15, 0.2) is 5.16 Å². The molecule has 0 saturated heterocycles. The van der Waals surface area contributed by atoms with Crippen LogP contribution in [0.5, 0.6) is 0 Å². The number of nitrogens with zero attached hydrogens (tertiary/aromatic N) is 3. The summed E-state index contributed by atoms with van der Waals surface area (Å²) in [5, 5.41) is 9.85. The molecular weight excluding hydrogens is 266 g/mol. The molecule has 0 saturated carbocycles. The lowest BCUT2D eigenvalue weighted by Crippen LogP contribution is -2.10. The summed E-state index contributed by atoms with van der Waals surface area (Å²) in [6.45, 7) is 7.66. The Morgan fingerprint density at radius 1 is 1.15 bits per heavy atom. The summed E-state index contributed by atoms with van der Waals surface area (Å²) in [5.41, 5.74) is 1.29. The molecule has 1 aromatic carbocycles. The zero-order valence-corrected chi connectivity index (χ0v) is 13.4. The van der Waals surface area contributed by atoms with Gasteiger partial charge in [0, 0.05) is 18.7 Å². The van der Waals surface area contributed by atoms with E-state index in [0.717, 1.165) is 36.1 Å². The standard InChI is InChI=1S/C16H23N3S/c1-4-10-20-16-18-17-15(19(16)12-13(2)3)11-14-8-6-5-7-9-14/h5-9,13H,4,10-12H2,1-3H3. The van der Waals surface area contributed by atoms with Crippen molar-refractivity contribution in [3.05, 3.63) is 41.7 Å². The van der Waals surface area contributed by atoms with Crippen LogP contribution in [0.25, 0.3) is 0 Å². The van der Waals surface area contributed by atoms with Crippen molar-refractivity contribution in [1.29, 1.82) is 0 Å². The van der Waals surface area contributed by atoms with E-state index < -0.39 is 0 Å². The summed E-state index contributed by atoms with van der Waals surface area (Å²) < 4.78 is 2.29. The smallest absolute Gasteiger partial charge is 0.191 e. The zero-order chi connectivity index (χ0) is 14.4. The molecule has 0 atom stereocenters. The molecule has 108 valence electrons. The van der Waals surface area contributed by atoms with Crippen LogP contribution in [0.4, 0.5) is 0 Å². The van der Waals surface area contributed by atoms with Crippen LogP contribution in [0.1, 0.15) is 38.6 Å². The number of rotatable bonds is 7. The highest BCUT2D eigenvalue weighted by molar-refractivity contribution is 7.99. The van der Waals surface area contributed by atoms with Crippen LogP contribution in [0, 0.1) is 5.92 Å². The molecule has 0 unspecified atom stereocenters. The molecule has 20 heavy (non-hydrogen) atoms. The van der Waals surface area contributed by atoms with Gasteiger partial charge in [-0.25, -0.2) is 0 Å². The second kappa shape index (κ2) is 7.48. The first-order valence-corrected chi connectivity index (χ1v) is 8.28. The monoisotopic (exact) mass is 289 g/mol. The summed E-state index contributed by atoms with van der Waals surface area (Å²) in [4.78, 5) is 0. The fraction of sp³-hybridized carbons (Fsp3) is 0.500. The third-order valence-electron chi connectivity index (χ3n) is 2.98. The highest BCUT2D eigenvalue weighted by Crippen LogP contribution is 2.20. The fourth-order valence-corrected chi connectivity index (χ4v) is 2.90. The SMILES string of the molecule is CCCSc1nnc(Cc2ccccc2)n1CC(C)C. The van der Waals surface area contributed by atoms with Gasteiger partial charge >= 0.3 is 0 Å². The number of benzene rings is 1. The predicted molar refractivity (Wildman–Crippen MR) is 85.1 cm³/mol. The van der Waals surface area contributed by atoms with Crippen LogP contribution in [-0.4, -0.2) is 20.5 Å². The largest absolute Gasteiger partial charge is 0.305 e. The molecule has 1 aromatic heterocycles. The maximum absolute atomic E-state index is 4.41. The van der Waals surface area contributed by atoms with E-state index >= 15 is 0 Å². The molecule has 4 heteroatoms. The van der Waals surface area contributed by atoms with Crippen LogP contribution in [-0.2, 0) is 13.0 Å². The summed E-state index contributed by atoms with van der Waals surface area (Å²) >= 11 is 1.81. The van der Waals surface area contributed by atoms with E-state index in [2.05, 4.69) is 59.8 Å². The van der Waals surface area contributed by atoms with E-state index in [9.17, 15) is 0 Å². The van der Waals surface area contributed by atoms with Gasteiger partial charge in [0.1, 0.15) is 5.82 Å². The van der Waals surface area contributed by atoms with Crippen LogP contribution in [0.15, 0.2) is 35.5 Å². The molecule has 1 heterocycles. The lowest BCUT2D eigenvalue weighted by molar-refractivity contribution is 0.482. The van der Waals surface area contributed by atoms with Crippen molar-refractivity contribution in [3.8, 4) is 0 Å². The first-order valence-electron chi connectivity index (χ1n) is 7.29. The molecule has 2 rings (SSSR count). The molecule has 0 aliphatic rings. The van der Waals surface area contributed by atoms with E-state index in [1.54, 1.807) is 0 Å². The van der Waals surface area contributed by atoms with Gasteiger partial charge < -0.3 is 4.57 Å². The molecule has 0 bridgehead atoms. The van der Waals surface area contributed by atoms with Crippen molar-refractivity contribution in [3.63, 3.8) is 0 Å². The number of hydrogen-bond acceptors (Lipinski definition) is 3. The number of aromatic nitrogens is 3. The minimum absolute atomic E-state index is 0.599. The van der Waals surface area contributed by atoms with E-state index in [4.69, 9.17) is 0 Å². The number of hydrogen-bond donors (Lipinski definition) is 0. The molecule has 0 spiro atoms. The van der Waals surface area contributed by atoms with Gasteiger partial charge in [-0.05, 0) is 17.9 Å². The zero-order valence-electron chi connectivity index (χ0n) is 12.5. The third-order valence-corrected chi connectivity index (χ3v) is 4.15. The van der Waals surface area contributed by atoms with Crippen molar-refractivity contribution < 1.29 is 0 Å². The van der Waals surface area contributed by atoms with Gasteiger partial charge in [0.2, 0.25) is 0 Å². The highest BCUT2D eigenvalue weighted by atomic mass is 32.2. The fourth-order valence-electron chi connectivity index (χ4n) is 2.08. The van der Waals surface area contributed by atoms with Crippen molar-refractivity contribution in [1.82, 2.24) is 14.8 Å². The topological polar surface area (TPSA) is 30.7 Å². The van der Waals surface area contributed by atoms with E-state index in [0.29, 0.717) is 5.92 Å². The first kappa shape index (κ1) is 15.1. The van der Waals surface area contributed by atoms with Gasteiger partial charge in [0.05, 0.1) is 0 Å². The average molecular weight is 289 g/mol. The summed E-state index contributed by atoms with van der Waals surface area (Å²) in [5.74, 6) is 2.77. The Morgan fingerprint density at radius 3 is 2.55 bits per heavy atom. The lowest BCUT2D eigenvalue weighted by atomic mass is 10.1. The van der Waals surface area contributed by atoms with E-state index in [1.807, 2.05) is 17.8 Å². The van der Waals surface area contributed by atoms with Crippen molar-refractivity contribution in [2.75, 3.05) is 5.75 Å². The molecule has 0 amide bonds. The average Bonchev–Trinajstić information content (AvgIpc) is 2.79. The molecule has 0 N–H and O–H groups in total. The summed E-state index contributed by atoms with van der Waals surface area (Å²) in [7, 11) is 0. The Balaban J connectivity index is 2.20. The van der Waals surface area contributed by atoms with Crippen molar-refractivity contribution in [2.24, 2.45) is 5.92 Å². The summed E-state index contributed by atoms with van der Waals surface area (Å²) in [6, 6.07) is 10.5. The maximum Gasteiger partial charge on any atom is 0.191 e. The molecule has 0 radical (unpaired) electrons. The molecule has 0 aliphatic heterocycles. The molecular formula is C16H23N3S. The van der Waals surface area contributed by atoms with Crippen LogP contribution in [0.3, 0.4) is 0 Å². The Kier molecular flexibility index (Phi) is 5.65. The van der Waals surface area contributed by atoms with Gasteiger partial charge in [-0.2, -0.15) is 0 Å². The Hall–Kier alpha value is -1.29. The maximum atomic E-state index is 4.41. The van der Waals surface area contributed by atoms with Crippen LogP contribution in [0.2, 0.25) is 0 Å². The lowest BCUT2D eigenvalue weighted by Gasteiger charge is -2.12. The van der Waals surface area contributed by atoms with Crippen molar-refractivity contribution >= 4 is 11.8 Å². The van der Waals surface area contributed by atoms with Gasteiger partial charge in [-0.1, -0.05) is 62.9 Å². The normalized spacial score (nSPS) is 11.2. The minimum atomic E-state index is 0.599. The Labute approximate surface area is 125 Å². The quantitative estimate of drug-likeness (QED) is 0.721. The van der Waals surface area contributed by atoms with Gasteiger partial charge in [0.25, 0.3) is 0 Å². The van der Waals surface area contributed by atoms with Crippen LogP contribution >= 0.6 is 11.8 Å². The predicted octanol–water partition coefficient (Wildman–Crippen LogP) is 4.03. The minimum Gasteiger partial charge on any atom is -0.305 e. The first-order chi connectivity index (χ1) is 9.70. The highest BCUT2D eigenvalue weighted by Gasteiger charge is 2.13. The van der Waals surface area contributed by atoms with Gasteiger partial charge in [-0.15, -0.1) is 10.2 Å². The molecule has 3 nitrogen and oxygen atoms in total. The molecule has 2 aromatic rings. The molecule has 0 fully saturated rings. The van der Waals surface area contributed by atoms with E-state index in [1.165, 1.54) is 5.56 Å². The second-order valence-electron chi connectivity index (χ2n) is 5.41. The Morgan fingerprint density at radius 2 is 1.90 bits per heavy atom. The van der Waals surface area contributed by atoms with E-state index in [-0.39, 0.29) is 0 Å². The Bertz CT molecular complexity index is 520. The second-order valence-corrected chi connectivity index (χ2v) is 6.48. The number of thioether (sulfide) groups is 1. The molecule has 0 aliphatic carbocycles. The van der Waals surface area contributed by atoms with Crippen molar-refractivity contribution in [2.45, 2.75) is 45.3 Å². The van der Waals surface area contributed by atoms with Crippen LogP contribution < -0.4 is 0 Å².